The molecule has 138 valence electrons. The molecule has 0 aliphatic heterocycles. The van der Waals surface area contributed by atoms with E-state index < -0.39 is 0 Å². The highest BCUT2D eigenvalue weighted by atomic mass is 32.2. The van der Waals surface area contributed by atoms with Gasteiger partial charge in [-0.25, -0.2) is 4.79 Å². The average Bonchev–Trinajstić information content (AvgIpc) is 2.89. The predicted molar refractivity (Wildman–Crippen MR) is 109 cm³/mol. The highest BCUT2D eigenvalue weighted by Crippen LogP contribution is 2.40. The number of carbonyl (C=O) groups is 2. The number of rotatable bonds is 5. The van der Waals surface area contributed by atoms with Gasteiger partial charge in [0.05, 0.1) is 17.9 Å². The van der Waals surface area contributed by atoms with Crippen molar-refractivity contribution in [3.63, 3.8) is 0 Å². The Morgan fingerprint density at radius 2 is 2.16 bits per heavy atom. The van der Waals surface area contributed by atoms with Crippen LogP contribution in [-0.2, 0) is 22.4 Å². The Morgan fingerprint density at radius 3 is 2.80 bits per heavy atom. The molecule has 1 atom stereocenters. The van der Waals surface area contributed by atoms with Gasteiger partial charge in [-0.1, -0.05) is 30.9 Å². The maximum Gasteiger partial charge on any atom is 0.341 e. The lowest BCUT2D eigenvalue weighted by Crippen LogP contribution is -2.21. The van der Waals surface area contributed by atoms with E-state index in [9.17, 15) is 9.59 Å². The van der Waals surface area contributed by atoms with Gasteiger partial charge in [0.1, 0.15) is 9.32 Å². The van der Waals surface area contributed by atoms with Crippen LogP contribution in [0.5, 0.6) is 0 Å². The van der Waals surface area contributed by atoms with Crippen LogP contribution in [0.3, 0.4) is 0 Å². The first-order valence-corrected chi connectivity index (χ1v) is 10.5. The molecule has 1 heterocycles. The van der Waals surface area contributed by atoms with Crippen LogP contribution in [-0.4, -0.2) is 47.6 Å². The highest BCUT2D eigenvalue weighted by molar-refractivity contribution is 8.23. The van der Waals surface area contributed by atoms with Crippen LogP contribution in [0.15, 0.2) is 0 Å². The zero-order valence-electron chi connectivity index (χ0n) is 15.0. The number of nitrogens with zero attached hydrogens (tertiary/aromatic N) is 1. The van der Waals surface area contributed by atoms with Gasteiger partial charge in [-0.05, 0) is 37.7 Å². The molecular weight excluding hydrogens is 376 g/mol. The number of thiophene rings is 1. The smallest absolute Gasteiger partial charge is 0.341 e. The zero-order chi connectivity index (χ0) is 18.6. The standard InChI is InChI=1S/C17H24N2O3S3/c1-5-22-16(21)14-11-7-6-10(2)8-12(11)25-15(14)18-13(20)9-24-17(23)19(3)4/h10H,5-9H2,1-4H3,(H,18,20). The second kappa shape index (κ2) is 9.00. The normalized spacial score (nSPS) is 16.1. The minimum atomic E-state index is -0.346. The Balaban J connectivity index is 2.17. The van der Waals surface area contributed by atoms with E-state index in [2.05, 4.69) is 12.2 Å². The lowest BCUT2D eigenvalue weighted by atomic mass is 9.88. The summed E-state index contributed by atoms with van der Waals surface area (Å²) < 4.78 is 5.87. The Hall–Kier alpha value is -1.12. The molecule has 1 N–H and O–H groups in total. The Bertz CT molecular complexity index is 670. The maximum absolute atomic E-state index is 12.4. The van der Waals surface area contributed by atoms with Crippen molar-refractivity contribution in [3.05, 3.63) is 16.0 Å². The van der Waals surface area contributed by atoms with Gasteiger partial charge in [0.2, 0.25) is 5.91 Å². The van der Waals surface area contributed by atoms with E-state index >= 15 is 0 Å². The van der Waals surface area contributed by atoms with Crippen molar-refractivity contribution >= 4 is 56.5 Å². The average molecular weight is 401 g/mol. The van der Waals surface area contributed by atoms with Crippen molar-refractivity contribution in [1.29, 1.82) is 0 Å². The van der Waals surface area contributed by atoms with E-state index in [0.29, 0.717) is 27.4 Å². The number of nitrogens with one attached hydrogen (secondary N) is 1. The molecular formula is C17H24N2O3S3. The number of amides is 1. The van der Waals surface area contributed by atoms with Crippen molar-refractivity contribution in [1.82, 2.24) is 4.90 Å². The molecule has 1 amide bonds. The molecule has 1 aromatic rings. The molecule has 0 spiro atoms. The third kappa shape index (κ3) is 5.18. The molecule has 0 aromatic carbocycles. The number of carbonyl (C=O) groups excluding carboxylic acids is 2. The summed E-state index contributed by atoms with van der Waals surface area (Å²) in [7, 11) is 3.70. The van der Waals surface area contributed by atoms with Crippen LogP contribution in [0, 0.1) is 5.92 Å². The van der Waals surface area contributed by atoms with Crippen LogP contribution in [0.25, 0.3) is 0 Å². The summed E-state index contributed by atoms with van der Waals surface area (Å²) in [6.45, 7) is 4.32. The van der Waals surface area contributed by atoms with E-state index in [1.165, 1.54) is 28.0 Å². The quantitative estimate of drug-likeness (QED) is 0.602. The maximum atomic E-state index is 12.4. The fourth-order valence-electron chi connectivity index (χ4n) is 2.68. The van der Waals surface area contributed by atoms with Crippen molar-refractivity contribution in [2.24, 2.45) is 5.92 Å². The van der Waals surface area contributed by atoms with E-state index in [1.807, 2.05) is 14.1 Å². The molecule has 0 radical (unpaired) electrons. The summed E-state index contributed by atoms with van der Waals surface area (Å²) in [6.07, 6.45) is 2.86. The monoisotopic (exact) mass is 400 g/mol. The fourth-order valence-corrected chi connectivity index (χ4v) is 4.85. The number of ether oxygens (including phenoxy) is 1. The van der Waals surface area contributed by atoms with Gasteiger partial charge in [-0.15, -0.1) is 11.3 Å². The summed E-state index contributed by atoms with van der Waals surface area (Å²) in [4.78, 5) is 27.7. The summed E-state index contributed by atoms with van der Waals surface area (Å²) >= 11 is 7.99. The number of hydrogen-bond donors (Lipinski definition) is 1. The first kappa shape index (κ1) is 20.2. The molecule has 0 saturated carbocycles. The molecule has 0 saturated heterocycles. The van der Waals surface area contributed by atoms with Crippen molar-refractivity contribution in [2.45, 2.75) is 33.1 Å². The number of thioether (sulfide) groups is 1. The van der Waals surface area contributed by atoms with E-state index in [4.69, 9.17) is 17.0 Å². The summed E-state index contributed by atoms with van der Waals surface area (Å²) in [5.41, 5.74) is 1.59. The van der Waals surface area contributed by atoms with Crippen LogP contribution >= 0.6 is 35.3 Å². The fraction of sp³-hybridized carbons (Fsp3) is 0.588. The van der Waals surface area contributed by atoms with Gasteiger partial charge in [-0.2, -0.15) is 0 Å². The Labute approximate surface area is 162 Å². The third-order valence-electron chi connectivity index (χ3n) is 3.94. The summed E-state index contributed by atoms with van der Waals surface area (Å²) in [5.74, 6) is 0.309. The SMILES string of the molecule is CCOC(=O)c1c(NC(=O)CSC(=S)N(C)C)sc2c1CCC(C)C2. The van der Waals surface area contributed by atoms with Crippen LogP contribution < -0.4 is 5.32 Å². The molecule has 2 rings (SSSR count). The van der Waals surface area contributed by atoms with Crippen molar-refractivity contribution in [3.8, 4) is 0 Å². The number of fused-ring (bicyclic) bond motifs is 1. The Kier molecular flexibility index (Phi) is 7.27. The lowest BCUT2D eigenvalue weighted by molar-refractivity contribution is -0.113. The number of thiocarbonyl (C=S) groups is 1. The molecule has 8 heteroatoms. The highest BCUT2D eigenvalue weighted by Gasteiger charge is 2.29. The largest absolute Gasteiger partial charge is 0.462 e. The predicted octanol–water partition coefficient (Wildman–Crippen LogP) is 3.57. The van der Waals surface area contributed by atoms with Crippen LogP contribution in [0.4, 0.5) is 5.00 Å². The van der Waals surface area contributed by atoms with E-state index in [-0.39, 0.29) is 17.6 Å². The second-order valence-electron chi connectivity index (χ2n) is 6.27. The molecule has 0 bridgehead atoms. The molecule has 1 unspecified atom stereocenters. The third-order valence-corrected chi connectivity index (χ3v) is 6.84. The van der Waals surface area contributed by atoms with E-state index in [1.54, 1.807) is 11.8 Å². The van der Waals surface area contributed by atoms with Crippen LogP contribution in [0.2, 0.25) is 0 Å². The number of anilines is 1. The topological polar surface area (TPSA) is 58.6 Å². The first-order chi connectivity index (χ1) is 11.8. The summed E-state index contributed by atoms with van der Waals surface area (Å²) in [5, 5.41) is 3.51. The molecule has 0 fully saturated rings. The Morgan fingerprint density at radius 1 is 1.44 bits per heavy atom. The van der Waals surface area contributed by atoms with Gasteiger partial charge in [0, 0.05) is 19.0 Å². The minimum absolute atomic E-state index is 0.161. The molecule has 5 nitrogen and oxygen atoms in total. The molecule has 1 aliphatic rings. The summed E-state index contributed by atoms with van der Waals surface area (Å²) in [6, 6.07) is 0. The first-order valence-electron chi connectivity index (χ1n) is 8.29. The van der Waals surface area contributed by atoms with Gasteiger partial charge in [0.25, 0.3) is 0 Å². The molecule has 25 heavy (non-hydrogen) atoms. The number of hydrogen-bond acceptors (Lipinski definition) is 6. The number of esters is 1. The molecule has 1 aromatic heterocycles. The van der Waals surface area contributed by atoms with Crippen molar-refractivity contribution < 1.29 is 14.3 Å². The van der Waals surface area contributed by atoms with E-state index in [0.717, 1.165) is 24.8 Å². The second-order valence-corrected chi connectivity index (χ2v) is 8.99. The zero-order valence-corrected chi connectivity index (χ0v) is 17.5. The van der Waals surface area contributed by atoms with Crippen LogP contribution in [0.1, 0.15) is 41.1 Å². The van der Waals surface area contributed by atoms with Gasteiger partial charge >= 0.3 is 5.97 Å². The molecule has 1 aliphatic carbocycles. The van der Waals surface area contributed by atoms with Crippen molar-refractivity contribution in [2.75, 3.05) is 31.8 Å². The lowest BCUT2D eigenvalue weighted by Gasteiger charge is -2.18. The van der Waals surface area contributed by atoms with Gasteiger partial charge in [0.15, 0.2) is 0 Å². The van der Waals surface area contributed by atoms with Gasteiger partial charge < -0.3 is 15.0 Å². The van der Waals surface area contributed by atoms with Gasteiger partial charge in [-0.3, -0.25) is 4.79 Å². The minimum Gasteiger partial charge on any atom is -0.462 e.